The molecular weight excluding hydrogens is 433 g/mol. The SMILES string of the molecule is COc1ccc(-c2c[n+](CC([O-])=Nc3ccc(Cl)c(Cl)c3)c3n2CCC3)cc1.Cl. The molecule has 0 bridgehead atoms. The Morgan fingerprint density at radius 2 is 1.93 bits per heavy atom. The van der Waals surface area contributed by atoms with Crippen LogP contribution in [-0.2, 0) is 19.5 Å². The third-order valence-electron chi connectivity index (χ3n) is 4.84. The summed E-state index contributed by atoms with van der Waals surface area (Å²) in [6.07, 6.45) is 4.03. The van der Waals surface area contributed by atoms with Crippen molar-refractivity contribution in [2.75, 3.05) is 7.11 Å². The third-order valence-corrected chi connectivity index (χ3v) is 5.58. The number of fused-ring (bicyclic) bond motifs is 1. The lowest BCUT2D eigenvalue weighted by Crippen LogP contribution is -2.43. The number of methoxy groups -OCH3 is 1. The molecule has 5 nitrogen and oxygen atoms in total. The summed E-state index contributed by atoms with van der Waals surface area (Å²) in [7, 11) is 1.65. The van der Waals surface area contributed by atoms with Crippen molar-refractivity contribution in [3.05, 3.63) is 64.5 Å². The highest BCUT2D eigenvalue weighted by Crippen LogP contribution is 2.28. The van der Waals surface area contributed by atoms with Crippen LogP contribution in [0.15, 0.2) is 53.7 Å². The normalized spacial score (nSPS) is 13.1. The van der Waals surface area contributed by atoms with Crippen molar-refractivity contribution < 1.29 is 14.4 Å². The lowest BCUT2D eigenvalue weighted by molar-refractivity contribution is -0.693. The summed E-state index contributed by atoms with van der Waals surface area (Å²) in [5.74, 6) is 1.73. The molecule has 0 amide bonds. The van der Waals surface area contributed by atoms with Crippen LogP contribution in [0.5, 0.6) is 5.75 Å². The first-order chi connectivity index (χ1) is 13.5. The Hall–Kier alpha value is -2.21. The molecule has 0 saturated heterocycles. The van der Waals surface area contributed by atoms with Crippen LogP contribution in [0.3, 0.4) is 0 Å². The van der Waals surface area contributed by atoms with Crippen molar-refractivity contribution in [1.29, 1.82) is 0 Å². The molecule has 0 N–H and O–H groups in total. The van der Waals surface area contributed by atoms with Crippen LogP contribution in [0, 0.1) is 0 Å². The molecular formula is C21H20Cl3N3O2. The zero-order chi connectivity index (χ0) is 19.7. The Morgan fingerprint density at radius 3 is 2.62 bits per heavy atom. The Labute approximate surface area is 185 Å². The van der Waals surface area contributed by atoms with Gasteiger partial charge in [-0.2, -0.15) is 0 Å². The van der Waals surface area contributed by atoms with Gasteiger partial charge >= 0.3 is 0 Å². The van der Waals surface area contributed by atoms with Gasteiger partial charge in [0.1, 0.15) is 18.5 Å². The summed E-state index contributed by atoms with van der Waals surface area (Å²) < 4.78 is 9.51. The fourth-order valence-corrected chi connectivity index (χ4v) is 3.81. The zero-order valence-corrected chi connectivity index (χ0v) is 18.1. The van der Waals surface area contributed by atoms with E-state index < -0.39 is 0 Å². The topological polar surface area (TPSA) is 53.5 Å². The van der Waals surface area contributed by atoms with E-state index >= 15 is 0 Å². The number of aromatic nitrogens is 2. The lowest BCUT2D eigenvalue weighted by atomic mass is 10.1. The van der Waals surface area contributed by atoms with E-state index in [4.69, 9.17) is 27.9 Å². The lowest BCUT2D eigenvalue weighted by Gasteiger charge is -2.09. The molecule has 3 aromatic rings. The second kappa shape index (κ2) is 9.08. The van der Waals surface area contributed by atoms with Gasteiger partial charge in [-0.05, 0) is 48.9 Å². The summed E-state index contributed by atoms with van der Waals surface area (Å²) in [4.78, 5) is 4.16. The van der Waals surface area contributed by atoms with Gasteiger partial charge in [0.15, 0.2) is 5.69 Å². The number of hydrogen-bond donors (Lipinski definition) is 0. The average molecular weight is 453 g/mol. The second-order valence-corrected chi connectivity index (χ2v) is 7.46. The number of ether oxygens (including phenoxy) is 1. The highest BCUT2D eigenvalue weighted by molar-refractivity contribution is 6.42. The Balaban J connectivity index is 0.00000240. The maximum atomic E-state index is 12.5. The van der Waals surface area contributed by atoms with E-state index in [0.29, 0.717) is 15.7 Å². The molecule has 0 spiro atoms. The number of aliphatic imine (C=N–C) groups is 1. The van der Waals surface area contributed by atoms with Crippen LogP contribution in [0.25, 0.3) is 11.3 Å². The van der Waals surface area contributed by atoms with Gasteiger partial charge in [0.2, 0.25) is 0 Å². The van der Waals surface area contributed by atoms with Gasteiger partial charge in [0.05, 0.1) is 35.8 Å². The first-order valence-corrected chi connectivity index (χ1v) is 9.76. The van der Waals surface area contributed by atoms with Gasteiger partial charge < -0.3 is 9.84 Å². The fraction of sp³-hybridized carbons (Fsp3) is 0.238. The van der Waals surface area contributed by atoms with Gasteiger partial charge in [-0.15, -0.1) is 12.4 Å². The number of halogens is 3. The molecule has 4 rings (SSSR count). The summed E-state index contributed by atoms with van der Waals surface area (Å²) in [5.41, 5.74) is 2.69. The molecule has 0 saturated carbocycles. The molecule has 0 fully saturated rings. The smallest absolute Gasteiger partial charge is 0.257 e. The number of benzene rings is 2. The Morgan fingerprint density at radius 1 is 1.17 bits per heavy atom. The predicted octanol–water partition coefficient (Wildman–Crippen LogP) is 4.22. The molecule has 2 heterocycles. The van der Waals surface area contributed by atoms with Crippen molar-refractivity contribution in [2.24, 2.45) is 4.99 Å². The average Bonchev–Trinajstić information content (AvgIpc) is 3.29. The number of hydrogen-bond acceptors (Lipinski definition) is 3. The molecule has 0 aliphatic carbocycles. The van der Waals surface area contributed by atoms with E-state index in [1.807, 2.05) is 35.0 Å². The fourth-order valence-electron chi connectivity index (χ4n) is 3.52. The van der Waals surface area contributed by atoms with Gasteiger partial charge in [-0.1, -0.05) is 23.2 Å². The standard InChI is InChI=1S/C21H19Cl2N3O2.ClH/c1-28-16-7-4-14(5-8-16)19-12-25(21-3-2-10-26(19)21)13-20(27)24-15-6-9-17(22)18(23)11-15;/h4-9,11-12H,2-3,10,13H2,1H3;1H. The number of imidazole rings is 1. The molecule has 0 radical (unpaired) electrons. The van der Waals surface area contributed by atoms with Crippen molar-refractivity contribution in [2.45, 2.75) is 25.9 Å². The molecule has 1 aliphatic heterocycles. The maximum Gasteiger partial charge on any atom is 0.257 e. The van der Waals surface area contributed by atoms with E-state index in [0.717, 1.165) is 42.2 Å². The summed E-state index contributed by atoms with van der Waals surface area (Å²) in [6.45, 7) is 1.13. The quantitative estimate of drug-likeness (QED) is 0.331. The van der Waals surface area contributed by atoms with E-state index in [1.54, 1.807) is 25.3 Å². The van der Waals surface area contributed by atoms with E-state index in [2.05, 4.69) is 9.56 Å². The molecule has 152 valence electrons. The van der Waals surface area contributed by atoms with Crippen LogP contribution in [0.4, 0.5) is 5.69 Å². The van der Waals surface area contributed by atoms with Crippen molar-refractivity contribution in [3.63, 3.8) is 0 Å². The van der Waals surface area contributed by atoms with Crippen molar-refractivity contribution in [3.8, 4) is 17.0 Å². The minimum atomic E-state index is -0.232. The van der Waals surface area contributed by atoms with E-state index in [1.165, 1.54) is 0 Å². The summed E-state index contributed by atoms with van der Waals surface area (Å²) >= 11 is 11.9. The molecule has 29 heavy (non-hydrogen) atoms. The van der Waals surface area contributed by atoms with Crippen molar-refractivity contribution >= 4 is 47.2 Å². The van der Waals surface area contributed by atoms with E-state index in [-0.39, 0.29) is 24.8 Å². The molecule has 8 heteroatoms. The highest BCUT2D eigenvalue weighted by atomic mass is 35.5. The maximum absolute atomic E-state index is 12.5. The zero-order valence-electron chi connectivity index (χ0n) is 15.8. The summed E-state index contributed by atoms with van der Waals surface area (Å²) in [5, 5.41) is 13.3. The highest BCUT2D eigenvalue weighted by Gasteiger charge is 2.28. The molecule has 1 aliphatic rings. The third kappa shape index (κ3) is 4.53. The Bertz CT molecular complexity index is 1050. The van der Waals surface area contributed by atoms with Crippen LogP contribution in [0.2, 0.25) is 10.0 Å². The second-order valence-electron chi connectivity index (χ2n) is 6.65. The van der Waals surface area contributed by atoms with Crippen molar-refractivity contribution in [1.82, 2.24) is 4.57 Å². The van der Waals surface area contributed by atoms with Crippen LogP contribution >= 0.6 is 35.6 Å². The molecule has 0 atom stereocenters. The molecule has 1 aromatic heterocycles. The molecule has 2 aromatic carbocycles. The van der Waals surface area contributed by atoms with Crippen LogP contribution in [0.1, 0.15) is 12.2 Å². The Kier molecular flexibility index (Phi) is 6.73. The van der Waals surface area contributed by atoms with Gasteiger partial charge in [0.25, 0.3) is 5.82 Å². The van der Waals surface area contributed by atoms with Crippen LogP contribution < -0.4 is 14.4 Å². The van der Waals surface area contributed by atoms with Crippen LogP contribution in [-0.4, -0.2) is 17.6 Å². The number of rotatable bonds is 5. The summed E-state index contributed by atoms with van der Waals surface area (Å²) in [6, 6.07) is 12.9. The van der Waals surface area contributed by atoms with Gasteiger partial charge in [0, 0.05) is 11.5 Å². The minimum absolute atomic E-state index is 0. The monoisotopic (exact) mass is 451 g/mol. The number of nitrogens with zero attached hydrogens (tertiary/aromatic N) is 3. The predicted molar refractivity (Wildman–Crippen MR) is 116 cm³/mol. The first-order valence-electron chi connectivity index (χ1n) is 9.01. The van der Waals surface area contributed by atoms with Gasteiger partial charge in [-0.3, -0.25) is 4.99 Å². The molecule has 0 unspecified atom stereocenters. The van der Waals surface area contributed by atoms with E-state index in [9.17, 15) is 5.11 Å². The van der Waals surface area contributed by atoms with Gasteiger partial charge in [-0.25, -0.2) is 9.13 Å². The first kappa shape index (κ1) is 21.5. The largest absolute Gasteiger partial charge is 0.859 e. The minimum Gasteiger partial charge on any atom is -0.859 e.